The van der Waals surface area contributed by atoms with Gasteiger partial charge < -0.3 is 11.1 Å². The molecule has 21 heavy (non-hydrogen) atoms. The maximum Gasteiger partial charge on any atom is 0.245 e. The SMILES string of the molecule is N[C@H](C(=O)Nc1cccc2cccnc12)c1ccccc1. The van der Waals surface area contributed by atoms with Gasteiger partial charge in [-0.05, 0) is 17.7 Å². The van der Waals surface area contributed by atoms with Crippen LogP contribution in [0.5, 0.6) is 0 Å². The molecule has 0 aliphatic heterocycles. The van der Waals surface area contributed by atoms with E-state index in [0.29, 0.717) is 5.69 Å². The van der Waals surface area contributed by atoms with Crippen LogP contribution in [0.3, 0.4) is 0 Å². The van der Waals surface area contributed by atoms with Crippen LogP contribution in [-0.4, -0.2) is 10.9 Å². The lowest BCUT2D eigenvalue weighted by molar-refractivity contribution is -0.117. The van der Waals surface area contributed by atoms with Gasteiger partial charge in [-0.1, -0.05) is 48.5 Å². The van der Waals surface area contributed by atoms with Crippen LogP contribution in [0.2, 0.25) is 0 Å². The first kappa shape index (κ1) is 13.3. The Labute approximate surface area is 122 Å². The van der Waals surface area contributed by atoms with E-state index in [1.54, 1.807) is 6.20 Å². The summed E-state index contributed by atoms with van der Waals surface area (Å²) in [4.78, 5) is 16.6. The third kappa shape index (κ3) is 2.75. The molecule has 0 saturated heterocycles. The van der Waals surface area contributed by atoms with Gasteiger partial charge in [-0.3, -0.25) is 9.78 Å². The van der Waals surface area contributed by atoms with Crippen molar-refractivity contribution >= 4 is 22.5 Å². The Morgan fingerprint density at radius 1 is 1.00 bits per heavy atom. The van der Waals surface area contributed by atoms with Crippen LogP contribution in [0.25, 0.3) is 10.9 Å². The summed E-state index contributed by atoms with van der Waals surface area (Å²) in [6, 6.07) is 18.1. The van der Waals surface area contributed by atoms with E-state index in [4.69, 9.17) is 5.73 Å². The largest absolute Gasteiger partial charge is 0.323 e. The van der Waals surface area contributed by atoms with Gasteiger partial charge in [0.2, 0.25) is 5.91 Å². The maximum atomic E-state index is 12.3. The highest BCUT2D eigenvalue weighted by atomic mass is 16.2. The van der Waals surface area contributed by atoms with E-state index in [9.17, 15) is 4.79 Å². The van der Waals surface area contributed by atoms with Gasteiger partial charge in [0.15, 0.2) is 0 Å². The first-order valence-electron chi connectivity index (χ1n) is 6.71. The number of nitrogens with two attached hydrogens (primary N) is 1. The van der Waals surface area contributed by atoms with Gasteiger partial charge in [0, 0.05) is 11.6 Å². The average Bonchev–Trinajstić information content (AvgIpc) is 2.55. The van der Waals surface area contributed by atoms with E-state index in [1.165, 1.54) is 0 Å². The molecule has 4 heteroatoms. The number of amides is 1. The summed E-state index contributed by atoms with van der Waals surface area (Å²) in [6.45, 7) is 0. The zero-order valence-electron chi connectivity index (χ0n) is 11.4. The average molecular weight is 277 g/mol. The summed E-state index contributed by atoms with van der Waals surface area (Å²) in [7, 11) is 0. The molecule has 0 radical (unpaired) electrons. The summed E-state index contributed by atoms with van der Waals surface area (Å²) in [5.74, 6) is -0.251. The number of fused-ring (bicyclic) bond motifs is 1. The molecular weight excluding hydrogens is 262 g/mol. The molecule has 0 bridgehead atoms. The molecule has 1 heterocycles. The molecule has 2 aromatic carbocycles. The topological polar surface area (TPSA) is 68.0 Å². The second-order valence-electron chi connectivity index (χ2n) is 4.76. The Morgan fingerprint density at radius 3 is 2.57 bits per heavy atom. The molecule has 104 valence electrons. The smallest absolute Gasteiger partial charge is 0.245 e. The summed E-state index contributed by atoms with van der Waals surface area (Å²) >= 11 is 0. The number of carbonyl (C=O) groups is 1. The Hall–Kier alpha value is -2.72. The third-order valence-corrected chi connectivity index (χ3v) is 3.33. The number of benzene rings is 2. The third-order valence-electron chi connectivity index (χ3n) is 3.33. The van der Waals surface area contributed by atoms with Crippen molar-refractivity contribution in [2.24, 2.45) is 5.73 Å². The van der Waals surface area contributed by atoms with Crippen molar-refractivity contribution in [3.8, 4) is 0 Å². The standard InChI is InChI=1S/C17H15N3O/c18-15(12-6-2-1-3-7-12)17(21)20-14-10-4-8-13-9-5-11-19-16(13)14/h1-11,15H,18H2,(H,20,21)/t15-/m0/s1. The van der Waals surface area contributed by atoms with Crippen molar-refractivity contribution in [2.45, 2.75) is 6.04 Å². The minimum absolute atomic E-state index is 0.251. The fraction of sp³-hybridized carbons (Fsp3) is 0.0588. The number of rotatable bonds is 3. The van der Waals surface area contributed by atoms with Crippen molar-refractivity contribution in [1.82, 2.24) is 4.98 Å². The van der Waals surface area contributed by atoms with Gasteiger partial charge >= 0.3 is 0 Å². The fourth-order valence-electron chi connectivity index (χ4n) is 2.23. The molecule has 1 atom stereocenters. The molecule has 0 aliphatic carbocycles. The lowest BCUT2D eigenvalue weighted by Gasteiger charge is -2.13. The molecule has 0 aliphatic rings. The number of carbonyl (C=O) groups excluding carboxylic acids is 1. The Balaban J connectivity index is 1.87. The van der Waals surface area contributed by atoms with Crippen molar-refractivity contribution in [2.75, 3.05) is 5.32 Å². The molecule has 1 aromatic heterocycles. The summed E-state index contributed by atoms with van der Waals surface area (Å²) in [5.41, 5.74) is 8.21. The maximum absolute atomic E-state index is 12.3. The zero-order chi connectivity index (χ0) is 14.7. The van der Waals surface area contributed by atoms with E-state index < -0.39 is 6.04 Å². The van der Waals surface area contributed by atoms with Gasteiger partial charge in [0.1, 0.15) is 6.04 Å². The minimum atomic E-state index is -0.704. The fourth-order valence-corrected chi connectivity index (χ4v) is 2.23. The normalized spacial score (nSPS) is 12.0. The van der Waals surface area contributed by atoms with Crippen molar-refractivity contribution in [1.29, 1.82) is 0 Å². The first-order chi connectivity index (χ1) is 10.3. The number of hydrogen-bond donors (Lipinski definition) is 2. The number of para-hydroxylation sites is 1. The van der Waals surface area contributed by atoms with Gasteiger partial charge in [-0.25, -0.2) is 0 Å². The van der Waals surface area contributed by atoms with Crippen LogP contribution in [0, 0.1) is 0 Å². The highest BCUT2D eigenvalue weighted by molar-refractivity contribution is 6.02. The molecule has 0 spiro atoms. The van der Waals surface area contributed by atoms with Gasteiger partial charge in [0.25, 0.3) is 0 Å². The summed E-state index contributed by atoms with van der Waals surface area (Å²) < 4.78 is 0. The Morgan fingerprint density at radius 2 is 1.76 bits per heavy atom. The van der Waals surface area contributed by atoms with Crippen molar-refractivity contribution in [3.63, 3.8) is 0 Å². The van der Waals surface area contributed by atoms with E-state index in [1.807, 2.05) is 60.7 Å². The summed E-state index contributed by atoms with van der Waals surface area (Å²) in [6.07, 6.45) is 1.70. The van der Waals surface area contributed by atoms with Gasteiger partial charge in [-0.2, -0.15) is 0 Å². The predicted octanol–water partition coefficient (Wildman–Crippen LogP) is 2.87. The lowest BCUT2D eigenvalue weighted by Crippen LogP contribution is -2.27. The molecule has 0 unspecified atom stereocenters. The number of hydrogen-bond acceptors (Lipinski definition) is 3. The van der Waals surface area contributed by atoms with Crippen LogP contribution in [0.4, 0.5) is 5.69 Å². The second-order valence-corrected chi connectivity index (χ2v) is 4.76. The van der Waals surface area contributed by atoms with Gasteiger partial charge in [0.05, 0.1) is 11.2 Å². The first-order valence-corrected chi connectivity index (χ1v) is 6.71. The van der Waals surface area contributed by atoms with Crippen molar-refractivity contribution < 1.29 is 4.79 Å². The van der Waals surface area contributed by atoms with Crippen LogP contribution in [0.1, 0.15) is 11.6 Å². The highest BCUT2D eigenvalue weighted by Gasteiger charge is 2.16. The number of nitrogens with one attached hydrogen (secondary N) is 1. The molecule has 0 saturated carbocycles. The van der Waals surface area contributed by atoms with E-state index in [2.05, 4.69) is 10.3 Å². The van der Waals surface area contributed by atoms with Crippen molar-refractivity contribution in [3.05, 3.63) is 72.4 Å². The number of nitrogens with zero attached hydrogens (tertiary/aromatic N) is 1. The summed E-state index contributed by atoms with van der Waals surface area (Å²) in [5, 5.41) is 3.83. The Kier molecular flexibility index (Phi) is 3.62. The monoisotopic (exact) mass is 277 g/mol. The van der Waals surface area contributed by atoms with Gasteiger partial charge in [-0.15, -0.1) is 0 Å². The van der Waals surface area contributed by atoms with Crippen LogP contribution in [-0.2, 0) is 4.79 Å². The molecular formula is C17H15N3O. The minimum Gasteiger partial charge on any atom is -0.323 e. The highest BCUT2D eigenvalue weighted by Crippen LogP contribution is 2.22. The number of pyridine rings is 1. The quantitative estimate of drug-likeness (QED) is 0.773. The molecule has 1 amide bonds. The van der Waals surface area contributed by atoms with E-state index >= 15 is 0 Å². The molecule has 3 rings (SSSR count). The van der Waals surface area contributed by atoms with E-state index in [-0.39, 0.29) is 5.91 Å². The lowest BCUT2D eigenvalue weighted by atomic mass is 10.1. The second kappa shape index (κ2) is 5.73. The molecule has 4 nitrogen and oxygen atoms in total. The zero-order valence-corrected chi connectivity index (χ0v) is 11.4. The number of aromatic nitrogens is 1. The molecule has 0 fully saturated rings. The van der Waals surface area contributed by atoms with Crippen LogP contribution in [0.15, 0.2) is 66.9 Å². The van der Waals surface area contributed by atoms with Crippen LogP contribution >= 0.6 is 0 Å². The predicted molar refractivity (Wildman–Crippen MR) is 83.7 cm³/mol. The molecule has 3 aromatic rings. The number of anilines is 1. The molecule has 3 N–H and O–H groups in total. The Bertz CT molecular complexity index is 766. The van der Waals surface area contributed by atoms with E-state index in [0.717, 1.165) is 16.5 Å². The van der Waals surface area contributed by atoms with Crippen LogP contribution < -0.4 is 11.1 Å².